The van der Waals surface area contributed by atoms with Gasteiger partial charge in [0.2, 0.25) is 0 Å². The highest BCUT2D eigenvalue weighted by Crippen LogP contribution is 2.31. The maximum absolute atomic E-state index is 10.7. The van der Waals surface area contributed by atoms with Crippen molar-refractivity contribution in [1.82, 2.24) is 0 Å². The van der Waals surface area contributed by atoms with Crippen LogP contribution in [0.5, 0.6) is 23.0 Å². The molecule has 0 atom stereocenters. The van der Waals surface area contributed by atoms with Crippen molar-refractivity contribution < 1.29 is 23.7 Å². The molecule has 3 rings (SSSR count). The Bertz CT molecular complexity index is 1010. The van der Waals surface area contributed by atoms with E-state index in [-0.39, 0.29) is 0 Å². The number of ether oxygens (including phenoxy) is 4. The Kier molecular flexibility index (Phi) is 8.75. The molecule has 166 valence electrons. The Morgan fingerprint density at radius 2 is 1.19 bits per heavy atom. The lowest BCUT2D eigenvalue weighted by Crippen LogP contribution is -2.01. The van der Waals surface area contributed by atoms with E-state index in [0.717, 1.165) is 34.5 Å². The molecule has 0 heterocycles. The first-order chi connectivity index (χ1) is 15.7. The Morgan fingerprint density at radius 1 is 0.656 bits per heavy atom. The first-order valence-electron chi connectivity index (χ1n) is 10.7. The molecule has 3 aromatic rings. The van der Waals surface area contributed by atoms with Crippen LogP contribution in [0.15, 0.2) is 72.8 Å². The van der Waals surface area contributed by atoms with Crippen LogP contribution in [0.1, 0.15) is 30.5 Å². The summed E-state index contributed by atoms with van der Waals surface area (Å²) >= 11 is 0. The van der Waals surface area contributed by atoms with E-state index >= 15 is 0 Å². The van der Waals surface area contributed by atoms with E-state index in [2.05, 4.69) is 0 Å². The van der Waals surface area contributed by atoms with Crippen molar-refractivity contribution in [1.29, 1.82) is 0 Å². The summed E-state index contributed by atoms with van der Waals surface area (Å²) in [5.41, 5.74) is 2.89. The molecule has 5 nitrogen and oxygen atoms in total. The molecule has 0 saturated carbocycles. The summed E-state index contributed by atoms with van der Waals surface area (Å²) in [6.45, 7) is 5.96. The second-order valence-corrected chi connectivity index (χ2v) is 6.93. The van der Waals surface area contributed by atoms with Crippen LogP contribution in [0.4, 0.5) is 0 Å². The Balaban J connectivity index is 1.71. The number of hydrogen-bond donors (Lipinski definition) is 0. The van der Waals surface area contributed by atoms with Gasteiger partial charge in [0, 0.05) is 0 Å². The second kappa shape index (κ2) is 12.2. The van der Waals surface area contributed by atoms with Gasteiger partial charge in [-0.25, -0.2) is 0 Å². The van der Waals surface area contributed by atoms with Crippen molar-refractivity contribution in [2.45, 2.75) is 27.1 Å². The minimum atomic E-state index is 0.382. The molecule has 0 amide bonds. The van der Waals surface area contributed by atoms with E-state index in [1.54, 1.807) is 6.08 Å². The number of allylic oxidation sites excluding steroid dienone is 1. The number of hydrogen-bond acceptors (Lipinski definition) is 5. The van der Waals surface area contributed by atoms with Crippen LogP contribution in [0.3, 0.4) is 0 Å². The predicted octanol–water partition coefficient (Wildman–Crippen LogP) is 5.85. The Labute approximate surface area is 189 Å². The van der Waals surface area contributed by atoms with Crippen molar-refractivity contribution in [3.63, 3.8) is 0 Å². The lowest BCUT2D eigenvalue weighted by Gasteiger charge is -2.14. The largest absolute Gasteiger partial charge is 0.494 e. The van der Waals surface area contributed by atoms with Gasteiger partial charge in [-0.3, -0.25) is 4.79 Å². The van der Waals surface area contributed by atoms with Gasteiger partial charge in [0.15, 0.2) is 11.5 Å². The fraction of sp³-hybridized carbons (Fsp3) is 0.222. The smallest absolute Gasteiger partial charge is 0.162 e. The summed E-state index contributed by atoms with van der Waals surface area (Å²) < 4.78 is 23.1. The van der Waals surface area contributed by atoms with Crippen molar-refractivity contribution in [3.8, 4) is 23.0 Å². The minimum Gasteiger partial charge on any atom is -0.494 e. The molecule has 0 fully saturated rings. The zero-order valence-electron chi connectivity index (χ0n) is 18.5. The number of benzene rings is 3. The fourth-order valence-electron chi connectivity index (χ4n) is 3.03. The van der Waals surface area contributed by atoms with Gasteiger partial charge in [0.1, 0.15) is 31.0 Å². The average Bonchev–Trinajstić information content (AvgIpc) is 2.83. The second-order valence-electron chi connectivity index (χ2n) is 6.93. The number of aldehydes is 1. The van der Waals surface area contributed by atoms with Crippen LogP contribution in [-0.4, -0.2) is 19.5 Å². The first-order valence-corrected chi connectivity index (χ1v) is 10.7. The van der Waals surface area contributed by atoms with Crippen LogP contribution >= 0.6 is 0 Å². The normalized spacial score (nSPS) is 10.7. The van der Waals surface area contributed by atoms with E-state index in [9.17, 15) is 4.79 Å². The molecule has 3 aromatic carbocycles. The third-order valence-electron chi connectivity index (χ3n) is 4.59. The van der Waals surface area contributed by atoms with Crippen molar-refractivity contribution in [3.05, 3.63) is 89.5 Å². The average molecular weight is 433 g/mol. The van der Waals surface area contributed by atoms with Crippen molar-refractivity contribution in [2.24, 2.45) is 0 Å². The summed E-state index contributed by atoms with van der Waals surface area (Å²) in [7, 11) is 0. The van der Waals surface area contributed by atoms with Gasteiger partial charge >= 0.3 is 0 Å². The molecule has 0 aliphatic carbocycles. The van der Waals surface area contributed by atoms with Crippen molar-refractivity contribution >= 4 is 12.4 Å². The van der Waals surface area contributed by atoms with Crippen LogP contribution in [-0.2, 0) is 18.0 Å². The fourth-order valence-corrected chi connectivity index (χ4v) is 3.03. The standard InChI is InChI=1S/C27H28O5/c1-3-29-24-12-7-22(8-13-24)19-31-26-16-11-21(6-5-17-28)18-27(26)32-20-23-9-14-25(15-10-23)30-4-2/h5-18H,3-4,19-20H2,1-2H3/b6-5+. The molecule has 0 N–H and O–H groups in total. The van der Waals surface area contributed by atoms with Gasteiger partial charge in [-0.15, -0.1) is 0 Å². The number of carbonyl (C=O) groups is 1. The molecule has 32 heavy (non-hydrogen) atoms. The molecular weight excluding hydrogens is 404 g/mol. The Hall–Kier alpha value is -3.73. The van der Waals surface area contributed by atoms with Gasteiger partial charge in [0.25, 0.3) is 0 Å². The van der Waals surface area contributed by atoms with Gasteiger partial charge in [-0.05, 0) is 73.0 Å². The molecule has 0 unspecified atom stereocenters. The molecule has 5 heteroatoms. The topological polar surface area (TPSA) is 54.0 Å². The third kappa shape index (κ3) is 6.91. The molecule has 0 aliphatic rings. The molecule has 0 aliphatic heterocycles. The summed E-state index contributed by atoms with van der Waals surface area (Å²) in [6, 6.07) is 21.2. The Morgan fingerprint density at radius 3 is 1.69 bits per heavy atom. The first kappa shape index (κ1) is 22.9. The molecule has 0 saturated heterocycles. The lowest BCUT2D eigenvalue weighted by molar-refractivity contribution is -0.104. The van der Waals surface area contributed by atoms with E-state index in [1.807, 2.05) is 80.6 Å². The van der Waals surface area contributed by atoms with Gasteiger partial charge in [-0.2, -0.15) is 0 Å². The van der Waals surface area contributed by atoms with Crippen molar-refractivity contribution in [2.75, 3.05) is 13.2 Å². The number of rotatable bonds is 12. The highest BCUT2D eigenvalue weighted by atomic mass is 16.5. The summed E-state index contributed by atoms with van der Waals surface area (Å²) in [6.07, 6.45) is 3.93. The van der Waals surface area contributed by atoms with Crippen LogP contribution in [0, 0.1) is 0 Å². The van der Waals surface area contributed by atoms with E-state index in [0.29, 0.717) is 37.9 Å². The van der Waals surface area contributed by atoms with Crippen LogP contribution in [0.25, 0.3) is 6.08 Å². The highest BCUT2D eigenvalue weighted by Gasteiger charge is 2.08. The maximum atomic E-state index is 10.7. The SMILES string of the molecule is CCOc1ccc(COc2ccc(/C=C/C=O)cc2OCc2ccc(OCC)cc2)cc1. The quantitative estimate of drug-likeness (QED) is 0.265. The van der Waals surface area contributed by atoms with E-state index in [1.165, 1.54) is 6.08 Å². The lowest BCUT2D eigenvalue weighted by atomic mass is 10.2. The monoisotopic (exact) mass is 432 g/mol. The third-order valence-corrected chi connectivity index (χ3v) is 4.59. The summed E-state index contributed by atoms with van der Waals surface area (Å²) in [5.74, 6) is 2.91. The van der Waals surface area contributed by atoms with E-state index < -0.39 is 0 Å². The maximum Gasteiger partial charge on any atom is 0.162 e. The van der Waals surface area contributed by atoms with Gasteiger partial charge in [0.05, 0.1) is 13.2 Å². The van der Waals surface area contributed by atoms with Gasteiger partial charge < -0.3 is 18.9 Å². The summed E-state index contributed by atoms with van der Waals surface area (Å²) in [4.78, 5) is 10.7. The zero-order chi connectivity index (χ0) is 22.6. The molecular formula is C27H28O5. The summed E-state index contributed by atoms with van der Waals surface area (Å²) in [5, 5.41) is 0. The predicted molar refractivity (Wildman–Crippen MR) is 125 cm³/mol. The molecule has 0 bridgehead atoms. The molecule has 0 spiro atoms. The minimum absolute atomic E-state index is 0.382. The molecule has 0 radical (unpaired) electrons. The number of carbonyl (C=O) groups excluding carboxylic acids is 1. The molecule has 0 aromatic heterocycles. The van der Waals surface area contributed by atoms with E-state index in [4.69, 9.17) is 18.9 Å². The van der Waals surface area contributed by atoms with Crippen LogP contribution < -0.4 is 18.9 Å². The highest BCUT2D eigenvalue weighted by molar-refractivity contribution is 5.74. The zero-order valence-corrected chi connectivity index (χ0v) is 18.5. The van der Waals surface area contributed by atoms with Gasteiger partial charge in [-0.1, -0.05) is 36.4 Å². The van der Waals surface area contributed by atoms with Crippen LogP contribution in [0.2, 0.25) is 0 Å².